The van der Waals surface area contributed by atoms with Crippen LogP contribution in [0.4, 0.5) is 22.7 Å². The number of allylic oxidation sites excluding steroid dienone is 1. The molecule has 0 unspecified atom stereocenters. The number of halogens is 4. The van der Waals surface area contributed by atoms with E-state index in [2.05, 4.69) is 15.0 Å². The zero-order chi connectivity index (χ0) is 25.3. The second kappa shape index (κ2) is 9.94. The van der Waals surface area contributed by atoms with Crippen LogP contribution in [0.1, 0.15) is 18.4 Å². The second-order valence-electron chi connectivity index (χ2n) is 8.12. The Morgan fingerprint density at radius 2 is 1.80 bits per heavy atom. The van der Waals surface area contributed by atoms with Crippen LogP contribution in [0.2, 0.25) is 0 Å². The van der Waals surface area contributed by atoms with Gasteiger partial charge in [-0.15, -0.1) is 0 Å². The third-order valence-electron chi connectivity index (χ3n) is 5.49. The Labute approximate surface area is 202 Å². The molecule has 186 valence electrons. The summed E-state index contributed by atoms with van der Waals surface area (Å²) in [4.78, 5) is 17.5. The number of hydrogen-bond donors (Lipinski definition) is 1. The van der Waals surface area contributed by atoms with Gasteiger partial charge in [0.15, 0.2) is 15.0 Å². The van der Waals surface area contributed by atoms with Crippen molar-refractivity contribution in [2.24, 2.45) is 5.92 Å². The van der Waals surface area contributed by atoms with Crippen LogP contribution in [-0.2, 0) is 14.6 Å². The van der Waals surface area contributed by atoms with Gasteiger partial charge in [0.25, 0.3) is 5.91 Å². The molecule has 0 bridgehead atoms. The minimum Gasteiger partial charge on any atom is -0.435 e. The summed E-state index contributed by atoms with van der Waals surface area (Å²) in [6.07, 6.45) is -0.860. The first-order valence-corrected chi connectivity index (χ1v) is 13.2. The van der Waals surface area contributed by atoms with Gasteiger partial charge in [-0.3, -0.25) is 10.1 Å². The van der Waals surface area contributed by atoms with E-state index in [1.54, 1.807) is 0 Å². The van der Waals surface area contributed by atoms with Crippen molar-refractivity contribution in [3.63, 3.8) is 0 Å². The molecule has 2 aromatic carbocycles. The highest BCUT2D eigenvalue weighted by Gasteiger charge is 2.34. The summed E-state index contributed by atoms with van der Waals surface area (Å²) in [6, 6.07) is 9.76. The molecule has 1 N–H and O–H groups in total. The highest BCUT2D eigenvalue weighted by Crippen LogP contribution is 2.35. The number of ether oxygens (including phenoxy) is 1. The fraction of sp³-hybridized carbons (Fsp3) is 0.304. The average molecular weight is 529 g/mol. The number of sulfone groups is 1. The molecule has 0 spiro atoms. The summed E-state index contributed by atoms with van der Waals surface area (Å²) in [6.45, 7) is -2.98. The molecule has 6 nitrogen and oxygen atoms in total. The van der Waals surface area contributed by atoms with Crippen LogP contribution < -0.4 is 10.1 Å². The van der Waals surface area contributed by atoms with E-state index < -0.39 is 40.6 Å². The number of alkyl halides is 4. The van der Waals surface area contributed by atoms with Gasteiger partial charge in [-0.25, -0.2) is 22.2 Å². The monoisotopic (exact) mass is 528 g/mol. The Balaban J connectivity index is 1.63. The van der Waals surface area contributed by atoms with Gasteiger partial charge in [0, 0.05) is 11.8 Å². The molecule has 0 radical (unpaired) electrons. The van der Waals surface area contributed by atoms with Gasteiger partial charge in [-0.2, -0.15) is 8.78 Å². The summed E-state index contributed by atoms with van der Waals surface area (Å²) < 4.78 is 80.9. The minimum absolute atomic E-state index is 0.0524. The molecule has 3 aromatic rings. The molecular weight excluding hydrogens is 508 g/mol. The lowest BCUT2D eigenvalue weighted by Gasteiger charge is -2.11. The number of fused-ring (bicyclic) bond motifs is 1. The molecule has 12 heteroatoms. The van der Waals surface area contributed by atoms with Gasteiger partial charge >= 0.3 is 6.61 Å². The SMILES string of the molecule is CS(=O)(=O)c1ccc(/C(=C\[C@H]2C[C@@H](F)[C@@H](F)C2)C(=O)Nc2nc3ccc(OC(F)F)cc3s2)cc1. The zero-order valence-electron chi connectivity index (χ0n) is 18.3. The number of benzene rings is 2. The summed E-state index contributed by atoms with van der Waals surface area (Å²) in [5, 5.41) is 2.81. The van der Waals surface area contributed by atoms with Crippen molar-refractivity contribution in [1.29, 1.82) is 0 Å². The van der Waals surface area contributed by atoms with Crippen LogP contribution in [0.5, 0.6) is 5.75 Å². The topological polar surface area (TPSA) is 85.4 Å². The molecule has 1 aromatic heterocycles. The standard InChI is InChI=1S/C23H20F4N2O4S2/c1-35(31,32)15-5-2-13(3-6-15)16(8-12-9-17(24)18(25)10-12)21(30)29-23-28-19-7-4-14(33-22(26)27)11-20(19)34-23/h2-8,11-12,17-18,22H,9-10H2,1H3,(H,28,29,30)/b16-8+/t12-,17+,18-. The lowest BCUT2D eigenvalue weighted by molar-refractivity contribution is -0.111. The van der Waals surface area contributed by atoms with Crippen molar-refractivity contribution in [2.75, 3.05) is 11.6 Å². The van der Waals surface area contributed by atoms with Crippen LogP contribution in [0.15, 0.2) is 53.4 Å². The number of nitrogens with one attached hydrogen (secondary N) is 1. The summed E-state index contributed by atoms with van der Waals surface area (Å²) in [7, 11) is -3.46. The summed E-state index contributed by atoms with van der Waals surface area (Å²) >= 11 is 1.03. The van der Waals surface area contributed by atoms with E-state index in [1.807, 2.05) is 0 Å². The number of amides is 1. The molecule has 3 atom stereocenters. The largest absolute Gasteiger partial charge is 0.435 e. The third-order valence-corrected chi connectivity index (χ3v) is 7.56. The molecule has 1 heterocycles. The predicted octanol–water partition coefficient (Wildman–Crippen LogP) is 5.41. The maximum atomic E-state index is 13.7. The molecule has 0 aliphatic heterocycles. The Hall–Kier alpha value is -2.99. The van der Waals surface area contributed by atoms with Crippen molar-refractivity contribution in [3.05, 3.63) is 54.1 Å². The number of aromatic nitrogens is 1. The molecule has 1 aliphatic rings. The zero-order valence-corrected chi connectivity index (χ0v) is 19.9. The van der Waals surface area contributed by atoms with Crippen molar-refractivity contribution < 1.29 is 35.5 Å². The van der Waals surface area contributed by atoms with E-state index in [-0.39, 0.29) is 34.2 Å². The molecule has 4 rings (SSSR count). The number of thiazole rings is 1. The van der Waals surface area contributed by atoms with E-state index in [0.717, 1.165) is 17.6 Å². The lowest BCUT2D eigenvalue weighted by atomic mass is 9.98. The third kappa shape index (κ3) is 5.99. The van der Waals surface area contributed by atoms with Crippen LogP contribution in [0.3, 0.4) is 0 Å². The van der Waals surface area contributed by atoms with Crippen molar-refractivity contribution in [1.82, 2.24) is 4.98 Å². The van der Waals surface area contributed by atoms with Gasteiger partial charge in [0.2, 0.25) is 0 Å². The molecule has 1 aliphatic carbocycles. The Bertz CT molecular complexity index is 1360. The van der Waals surface area contributed by atoms with Gasteiger partial charge in [0.1, 0.15) is 18.1 Å². The Morgan fingerprint density at radius 3 is 2.40 bits per heavy atom. The fourth-order valence-electron chi connectivity index (χ4n) is 3.83. The van der Waals surface area contributed by atoms with Crippen molar-refractivity contribution >= 4 is 48.0 Å². The molecule has 1 fully saturated rings. The van der Waals surface area contributed by atoms with Gasteiger partial charge in [0.05, 0.1) is 15.1 Å². The minimum atomic E-state index is -3.46. The first kappa shape index (κ1) is 25.1. The van der Waals surface area contributed by atoms with Crippen LogP contribution in [0, 0.1) is 5.92 Å². The molecule has 35 heavy (non-hydrogen) atoms. The first-order chi connectivity index (χ1) is 16.5. The number of hydrogen-bond acceptors (Lipinski definition) is 6. The first-order valence-electron chi connectivity index (χ1n) is 10.5. The predicted molar refractivity (Wildman–Crippen MR) is 125 cm³/mol. The smallest absolute Gasteiger partial charge is 0.387 e. The molecular formula is C23H20F4N2O4S2. The number of carbonyl (C=O) groups excluding carboxylic acids is 1. The normalized spacial score (nSPS) is 21.0. The number of anilines is 1. The van der Waals surface area contributed by atoms with Crippen molar-refractivity contribution in [3.8, 4) is 5.75 Å². The van der Waals surface area contributed by atoms with E-state index in [0.29, 0.717) is 15.8 Å². The fourth-order valence-corrected chi connectivity index (χ4v) is 5.35. The maximum Gasteiger partial charge on any atom is 0.387 e. The van der Waals surface area contributed by atoms with E-state index in [1.165, 1.54) is 48.5 Å². The quantitative estimate of drug-likeness (QED) is 0.328. The number of carbonyl (C=O) groups is 1. The maximum absolute atomic E-state index is 13.7. The Morgan fingerprint density at radius 1 is 1.14 bits per heavy atom. The second-order valence-corrected chi connectivity index (χ2v) is 11.2. The number of rotatable bonds is 7. The summed E-state index contributed by atoms with van der Waals surface area (Å²) in [5.74, 6) is -1.19. The van der Waals surface area contributed by atoms with E-state index >= 15 is 0 Å². The van der Waals surface area contributed by atoms with Crippen LogP contribution in [-0.4, -0.2) is 44.5 Å². The molecule has 0 saturated heterocycles. The molecule has 1 amide bonds. The van der Waals surface area contributed by atoms with Gasteiger partial charge < -0.3 is 4.74 Å². The average Bonchev–Trinajstić information content (AvgIpc) is 3.32. The van der Waals surface area contributed by atoms with E-state index in [9.17, 15) is 30.8 Å². The number of nitrogens with zero attached hydrogens (tertiary/aromatic N) is 1. The highest BCUT2D eigenvalue weighted by molar-refractivity contribution is 7.90. The van der Waals surface area contributed by atoms with Gasteiger partial charge in [-0.1, -0.05) is 29.5 Å². The van der Waals surface area contributed by atoms with Gasteiger partial charge in [-0.05, 0) is 54.7 Å². The molecule has 1 saturated carbocycles. The highest BCUT2D eigenvalue weighted by atomic mass is 32.2. The van der Waals surface area contributed by atoms with Crippen LogP contribution in [0.25, 0.3) is 15.8 Å². The van der Waals surface area contributed by atoms with E-state index in [4.69, 9.17) is 0 Å². The Kier molecular flexibility index (Phi) is 7.13. The lowest BCUT2D eigenvalue weighted by Crippen LogP contribution is -2.14. The summed E-state index contributed by atoms with van der Waals surface area (Å²) in [5.41, 5.74) is 0.921. The van der Waals surface area contributed by atoms with Crippen molar-refractivity contribution in [2.45, 2.75) is 36.7 Å². The van der Waals surface area contributed by atoms with Crippen LogP contribution >= 0.6 is 11.3 Å².